The van der Waals surface area contributed by atoms with Gasteiger partial charge in [-0.2, -0.15) is 0 Å². The molecule has 0 saturated heterocycles. The molecule has 86 valence electrons. The molecule has 0 rings (SSSR count). The normalized spacial score (nSPS) is 17.0. The number of hydrogen-bond donors (Lipinski definition) is 6. The maximum absolute atomic E-state index is 10.1. The summed E-state index contributed by atoms with van der Waals surface area (Å²) in [4.78, 5) is 20.2. The Hall–Kier alpha value is 0.780. The van der Waals surface area contributed by atoms with E-state index in [1.165, 1.54) is 0 Å². The van der Waals surface area contributed by atoms with Crippen molar-refractivity contribution >= 4 is 71.1 Å². The summed E-state index contributed by atoms with van der Waals surface area (Å²) in [6.07, 6.45) is -9.28. The number of carboxylic acids is 2. The fourth-order valence-electron chi connectivity index (χ4n) is 0.666. The molecule has 0 aromatic rings. The molecule has 0 aromatic heterocycles. The molecular weight excluding hydrogens is 246 g/mol. The predicted molar refractivity (Wildman–Crippen MR) is 53.6 cm³/mol. The van der Waals surface area contributed by atoms with Gasteiger partial charge in [-0.1, -0.05) is 0 Å². The summed E-state index contributed by atoms with van der Waals surface area (Å²) in [6.45, 7) is 0. The third kappa shape index (κ3) is 6.50. The average Bonchev–Trinajstić information content (AvgIpc) is 2.12. The quantitative estimate of drug-likeness (QED) is 0.269. The van der Waals surface area contributed by atoms with E-state index in [2.05, 4.69) is 0 Å². The van der Waals surface area contributed by atoms with Crippen LogP contribution in [-0.4, -0.2) is 126 Å². The third-order valence-corrected chi connectivity index (χ3v) is 1.50. The minimum absolute atomic E-state index is 0. The molecule has 8 nitrogen and oxygen atoms in total. The second-order valence-corrected chi connectivity index (χ2v) is 2.55. The van der Waals surface area contributed by atoms with Gasteiger partial charge in [0, 0.05) is 0 Å². The molecule has 0 aliphatic rings. The zero-order valence-electron chi connectivity index (χ0n) is 6.81. The Labute approximate surface area is 134 Å². The fourth-order valence-corrected chi connectivity index (χ4v) is 0.666. The summed E-state index contributed by atoms with van der Waals surface area (Å²) >= 11 is 0. The third-order valence-electron chi connectivity index (χ3n) is 1.50. The van der Waals surface area contributed by atoms with Gasteiger partial charge in [-0.3, -0.25) is 0 Å². The monoisotopic (exact) mass is 258 g/mol. The second-order valence-electron chi connectivity index (χ2n) is 2.55. The molecule has 0 radical (unpaired) electrons. The van der Waals surface area contributed by atoms with E-state index in [9.17, 15) is 9.59 Å². The van der Waals surface area contributed by atoms with Crippen LogP contribution in [0.2, 0.25) is 0 Å². The number of rotatable bonds is 5. The van der Waals surface area contributed by atoms with E-state index in [4.69, 9.17) is 30.6 Å². The van der Waals surface area contributed by atoms with Gasteiger partial charge in [-0.15, -0.1) is 0 Å². The average molecular weight is 258 g/mol. The Balaban J connectivity index is -0.000000845. The fraction of sp³-hybridized carbons (Fsp3) is 0.667. The van der Waals surface area contributed by atoms with E-state index in [0.29, 0.717) is 0 Å². The molecule has 6 N–H and O–H groups in total. The summed E-state index contributed by atoms with van der Waals surface area (Å²) in [5, 5.41) is 51.5. The summed E-state index contributed by atoms with van der Waals surface area (Å²) in [6, 6.07) is 0. The van der Waals surface area contributed by atoms with E-state index in [1.807, 2.05) is 0 Å². The van der Waals surface area contributed by atoms with Crippen molar-refractivity contribution in [3.8, 4) is 0 Å². The Bertz CT molecular complexity index is 211. The van der Waals surface area contributed by atoms with Crippen LogP contribution in [0.4, 0.5) is 0 Å². The van der Waals surface area contributed by atoms with Gasteiger partial charge in [0.2, 0.25) is 0 Å². The summed E-state index contributed by atoms with van der Waals surface area (Å²) in [7, 11) is 0. The van der Waals surface area contributed by atoms with Crippen LogP contribution in [-0.2, 0) is 9.59 Å². The molecule has 0 saturated carbocycles. The number of aliphatic hydroxyl groups excluding tert-OH is 4. The van der Waals surface area contributed by atoms with Gasteiger partial charge in [-0.05, 0) is 0 Å². The molecule has 4 atom stereocenters. The van der Waals surface area contributed by atoms with Gasteiger partial charge in [0.05, 0.1) is 0 Å². The maximum atomic E-state index is 10.1. The molecule has 0 aromatic carbocycles. The Kier molecular flexibility index (Phi) is 13.4. The molecule has 0 aliphatic heterocycles. The molecule has 16 heavy (non-hydrogen) atoms. The van der Waals surface area contributed by atoms with Gasteiger partial charge in [0.1, 0.15) is 12.2 Å². The van der Waals surface area contributed by atoms with Crippen molar-refractivity contribution in [2.24, 2.45) is 0 Å². The molecule has 4 unspecified atom stereocenters. The van der Waals surface area contributed by atoms with Gasteiger partial charge in [0.15, 0.2) is 12.2 Å². The van der Waals surface area contributed by atoms with E-state index < -0.39 is 36.4 Å². The van der Waals surface area contributed by atoms with Crippen molar-refractivity contribution in [2.45, 2.75) is 24.4 Å². The van der Waals surface area contributed by atoms with Crippen LogP contribution < -0.4 is 0 Å². The van der Waals surface area contributed by atoms with E-state index >= 15 is 0 Å². The van der Waals surface area contributed by atoms with Crippen molar-refractivity contribution < 1.29 is 40.2 Å². The molecule has 0 amide bonds. The first-order valence-electron chi connectivity index (χ1n) is 3.47. The Morgan fingerprint density at radius 1 is 0.688 bits per heavy atom. The Morgan fingerprint density at radius 3 is 1.00 bits per heavy atom. The van der Waals surface area contributed by atoms with Gasteiger partial charge < -0.3 is 30.6 Å². The van der Waals surface area contributed by atoms with Gasteiger partial charge in [-0.25, -0.2) is 9.59 Å². The van der Waals surface area contributed by atoms with Crippen molar-refractivity contribution in [1.29, 1.82) is 0 Å². The van der Waals surface area contributed by atoms with Crippen LogP contribution in [0.15, 0.2) is 0 Å². The number of aliphatic carboxylic acids is 2. The van der Waals surface area contributed by atoms with Crippen LogP contribution in [0.5, 0.6) is 0 Å². The number of carbonyl (C=O) groups is 2. The first-order chi connectivity index (χ1) is 6.29. The van der Waals surface area contributed by atoms with Crippen LogP contribution in [0, 0.1) is 0 Å². The molecule has 10 heteroatoms. The number of aliphatic hydroxyl groups is 4. The molecule has 0 aliphatic carbocycles. The first kappa shape index (κ1) is 22.0. The molecule has 0 heterocycles. The van der Waals surface area contributed by atoms with Gasteiger partial charge in [0.25, 0.3) is 0 Å². The van der Waals surface area contributed by atoms with Gasteiger partial charge >= 0.3 is 71.1 Å². The molecule has 0 fully saturated rings. The number of carboxylic acid groups (broad SMARTS) is 2. The zero-order chi connectivity index (χ0) is 11.5. The van der Waals surface area contributed by atoms with Crippen LogP contribution in [0.1, 0.15) is 0 Å². The molecule has 0 spiro atoms. The van der Waals surface area contributed by atoms with E-state index in [0.717, 1.165) is 0 Å². The van der Waals surface area contributed by atoms with Crippen molar-refractivity contribution in [1.82, 2.24) is 0 Å². The summed E-state index contributed by atoms with van der Waals surface area (Å²) in [5.41, 5.74) is 0. The predicted octanol–water partition coefficient (Wildman–Crippen LogP) is -4.70. The van der Waals surface area contributed by atoms with Crippen molar-refractivity contribution in [2.75, 3.05) is 0 Å². The van der Waals surface area contributed by atoms with E-state index in [1.54, 1.807) is 0 Å². The second kappa shape index (κ2) is 9.77. The van der Waals surface area contributed by atoms with Crippen molar-refractivity contribution in [3.05, 3.63) is 0 Å². The Morgan fingerprint density at radius 2 is 0.875 bits per heavy atom. The molecular formula is C6H12Na2O8. The summed E-state index contributed by atoms with van der Waals surface area (Å²) in [5.74, 6) is -3.68. The van der Waals surface area contributed by atoms with E-state index in [-0.39, 0.29) is 59.1 Å². The van der Waals surface area contributed by atoms with Crippen LogP contribution >= 0.6 is 0 Å². The summed E-state index contributed by atoms with van der Waals surface area (Å²) < 4.78 is 0. The van der Waals surface area contributed by atoms with Crippen LogP contribution in [0.3, 0.4) is 0 Å². The zero-order valence-corrected chi connectivity index (χ0v) is 6.81. The number of hydrogen-bond acceptors (Lipinski definition) is 6. The topological polar surface area (TPSA) is 156 Å². The molecule has 0 bridgehead atoms. The van der Waals surface area contributed by atoms with Crippen molar-refractivity contribution in [3.63, 3.8) is 0 Å². The van der Waals surface area contributed by atoms with Crippen LogP contribution in [0.25, 0.3) is 0 Å². The SMILES string of the molecule is O=C(O)C(O)C(O)C(O)C(O)C(=O)O.[NaH].[NaH]. The minimum atomic E-state index is -2.36. The first-order valence-corrected chi connectivity index (χ1v) is 3.47. The standard InChI is InChI=1S/C6H10O8.2Na.2H/c7-1(3(9)5(11)12)2(8)4(10)6(13)14;;;;/h1-4,7-10H,(H,11,12)(H,13,14);;;;.